The van der Waals surface area contributed by atoms with E-state index in [-0.39, 0.29) is 11.6 Å². The minimum absolute atomic E-state index is 0.241. The van der Waals surface area contributed by atoms with Crippen molar-refractivity contribution in [3.63, 3.8) is 0 Å². The molecule has 0 radical (unpaired) electrons. The molecule has 2 rings (SSSR count). The van der Waals surface area contributed by atoms with Crippen LogP contribution < -0.4 is 15.0 Å². The summed E-state index contributed by atoms with van der Waals surface area (Å²) < 4.78 is 18.9. The summed E-state index contributed by atoms with van der Waals surface area (Å²) in [6.45, 7) is 3.36. The summed E-state index contributed by atoms with van der Waals surface area (Å²) in [5.74, 6) is -3.22. The van der Waals surface area contributed by atoms with Crippen LogP contribution in [0, 0.1) is 17.7 Å². The van der Waals surface area contributed by atoms with E-state index in [1.807, 2.05) is 0 Å². The fraction of sp³-hybridized carbons (Fsp3) is 0.357. The Bertz CT molecular complexity index is 615. The summed E-state index contributed by atoms with van der Waals surface area (Å²) in [6, 6.07) is 2.74. The maximum atomic E-state index is 13.9. The molecule has 7 heteroatoms. The number of carbonyl (C=O) groups excluding carboxylic acids is 3. The second-order valence-corrected chi connectivity index (χ2v) is 5.01. The van der Waals surface area contributed by atoms with Gasteiger partial charge < -0.3 is 4.74 Å². The zero-order valence-electron chi connectivity index (χ0n) is 11.8. The van der Waals surface area contributed by atoms with E-state index < -0.39 is 29.6 Å². The van der Waals surface area contributed by atoms with E-state index in [0.717, 1.165) is 6.07 Å². The van der Waals surface area contributed by atoms with E-state index >= 15 is 0 Å². The summed E-state index contributed by atoms with van der Waals surface area (Å²) >= 11 is 0. The van der Waals surface area contributed by atoms with Gasteiger partial charge in [0.15, 0.2) is 0 Å². The number of nitrogens with one attached hydrogen (secondary N) is 1. The molecule has 1 heterocycles. The number of hydrogen-bond donors (Lipinski definition) is 1. The largest absolute Gasteiger partial charge is 0.497 e. The lowest BCUT2D eigenvalue weighted by Crippen LogP contribution is -2.59. The number of imide groups is 2. The van der Waals surface area contributed by atoms with Gasteiger partial charge in [-0.2, -0.15) is 0 Å². The molecule has 0 saturated carbocycles. The molecule has 1 aliphatic heterocycles. The van der Waals surface area contributed by atoms with Crippen LogP contribution in [0.4, 0.5) is 14.9 Å². The Morgan fingerprint density at radius 3 is 2.52 bits per heavy atom. The number of barbiturate groups is 1. The third-order valence-corrected chi connectivity index (χ3v) is 3.26. The first-order valence-electron chi connectivity index (χ1n) is 6.39. The van der Waals surface area contributed by atoms with Crippen molar-refractivity contribution in [2.24, 2.45) is 11.8 Å². The lowest BCUT2D eigenvalue weighted by atomic mass is 9.92. The van der Waals surface area contributed by atoms with Gasteiger partial charge in [-0.1, -0.05) is 13.8 Å². The van der Waals surface area contributed by atoms with Crippen molar-refractivity contribution in [1.82, 2.24) is 5.32 Å². The first-order valence-corrected chi connectivity index (χ1v) is 6.39. The van der Waals surface area contributed by atoms with Crippen molar-refractivity contribution in [3.8, 4) is 5.75 Å². The van der Waals surface area contributed by atoms with Crippen LogP contribution in [0.1, 0.15) is 13.8 Å². The monoisotopic (exact) mass is 294 g/mol. The number of amides is 4. The number of carbonyl (C=O) groups is 3. The number of benzene rings is 1. The molecule has 1 saturated heterocycles. The summed E-state index contributed by atoms with van der Waals surface area (Å²) in [5, 5.41) is 2.07. The predicted octanol–water partition coefficient (Wildman–Crippen LogP) is 1.69. The molecule has 1 fully saturated rings. The van der Waals surface area contributed by atoms with Gasteiger partial charge in [0.1, 0.15) is 17.5 Å². The second-order valence-electron chi connectivity index (χ2n) is 5.01. The molecular formula is C14H15FN2O4. The summed E-state index contributed by atoms with van der Waals surface area (Å²) in [4.78, 5) is 36.7. The fourth-order valence-electron chi connectivity index (χ4n) is 2.20. The van der Waals surface area contributed by atoms with Crippen molar-refractivity contribution in [1.29, 1.82) is 0 Å². The third-order valence-electron chi connectivity index (χ3n) is 3.26. The van der Waals surface area contributed by atoms with Crippen LogP contribution in [0.15, 0.2) is 18.2 Å². The maximum absolute atomic E-state index is 13.9. The van der Waals surface area contributed by atoms with Crippen LogP contribution in [-0.4, -0.2) is 25.0 Å². The standard InChI is InChI=1S/C14H15FN2O4/c1-7(2)11-12(18)16-14(20)17(13(11)19)10-6-8(21-3)4-5-9(10)15/h4-7,11H,1-3H3,(H,16,18,20). The molecule has 21 heavy (non-hydrogen) atoms. The van der Waals surface area contributed by atoms with E-state index in [4.69, 9.17) is 4.74 Å². The Morgan fingerprint density at radius 1 is 1.29 bits per heavy atom. The summed E-state index contributed by atoms with van der Waals surface area (Å²) in [7, 11) is 1.38. The molecule has 1 aromatic carbocycles. The third kappa shape index (κ3) is 2.58. The van der Waals surface area contributed by atoms with Crippen LogP contribution in [0.2, 0.25) is 0 Å². The SMILES string of the molecule is COc1ccc(F)c(N2C(=O)NC(=O)C(C(C)C)C2=O)c1. The molecule has 0 spiro atoms. The molecular weight excluding hydrogens is 279 g/mol. The van der Waals surface area contributed by atoms with Crippen LogP contribution in [0.3, 0.4) is 0 Å². The molecule has 1 unspecified atom stereocenters. The predicted molar refractivity (Wildman–Crippen MR) is 72.3 cm³/mol. The number of hydrogen-bond acceptors (Lipinski definition) is 4. The zero-order valence-corrected chi connectivity index (χ0v) is 11.8. The Kier molecular flexibility index (Phi) is 3.93. The molecule has 112 valence electrons. The van der Waals surface area contributed by atoms with Crippen molar-refractivity contribution < 1.29 is 23.5 Å². The van der Waals surface area contributed by atoms with Crippen LogP contribution in [0.5, 0.6) is 5.75 Å². The van der Waals surface area contributed by atoms with Crippen molar-refractivity contribution in [2.45, 2.75) is 13.8 Å². The Hall–Kier alpha value is -2.44. The number of urea groups is 1. The average molecular weight is 294 g/mol. The molecule has 6 nitrogen and oxygen atoms in total. The van der Waals surface area contributed by atoms with E-state index in [1.165, 1.54) is 19.2 Å². The van der Waals surface area contributed by atoms with E-state index in [1.54, 1.807) is 13.8 Å². The smallest absolute Gasteiger partial charge is 0.335 e. The zero-order chi connectivity index (χ0) is 15.7. The quantitative estimate of drug-likeness (QED) is 0.861. The highest BCUT2D eigenvalue weighted by Crippen LogP contribution is 2.29. The van der Waals surface area contributed by atoms with E-state index in [2.05, 4.69) is 5.32 Å². The van der Waals surface area contributed by atoms with Gasteiger partial charge in [-0.25, -0.2) is 14.1 Å². The van der Waals surface area contributed by atoms with Crippen LogP contribution >= 0.6 is 0 Å². The lowest BCUT2D eigenvalue weighted by molar-refractivity contribution is -0.136. The Labute approximate surface area is 120 Å². The van der Waals surface area contributed by atoms with Gasteiger partial charge in [0.05, 0.1) is 12.8 Å². The number of halogens is 1. The molecule has 0 aromatic heterocycles. The van der Waals surface area contributed by atoms with Gasteiger partial charge in [0.2, 0.25) is 11.8 Å². The fourth-order valence-corrected chi connectivity index (χ4v) is 2.20. The van der Waals surface area contributed by atoms with Gasteiger partial charge in [-0.3, -0.25) is 14.9 Å². The molecule has 1 atom stereocenters. The van der Waals surface area contributed by atoms with Gasteiger partial charge in [0, 0.05) is 6.07 Å². The van der Waals surface area contributed by atoms with E-state index in [9.17, 15) is 18.8 Å². The first-order chi connectivity index (χ1) is 9.86. The van der Waals surface area contributed by atoms with Gasteiger partial charge in [0.25, 0.3) is 0 Å². The van der Waals surface area contributed by atoms with Crippen LogP contribution in [0.25, 0.3) is 0 Å². The Morgan fingerprint density at radius 2 is 1.95 bits per heavy atom. The highest BCUT2D eigenvalue weighted by atomic mass is 19.1. The molecule has 0 aliphatic carbocycles. The molecule has 1 aromatic rings. The summed E-state index contributed by atoms with van der Waals surface area (Å²) in [6.07, 6.45) is 0. The summed E-state index contributed by atoms with van der Waals surface area (Å²) in [5.41, 5.74) is -0.241. The second kappa shape index (κ2) is 5.51. The highest BCUT2D eigenvalue weighted by Gasteiger charge is 2.43. The van der Waals surface area contributed by atoms with Crippen molar-refractivity contribution in [2.75, 3.05) is 12.0 Å². The molecule has 0 bridgehead atoms. The average Bonchev–Trinajstić information content (AvgIpc) is 2.39. The topological polar surface area (TPSA) is 75.7 Å². The van der Waals surface area contributed by atoms with Crippen molar-refractivity contribution in [3.05, 3.63) is 24.0 Å². The number of ether oxygens (including phenoxy) is 1. The molecule has 1 N–H and O–H groups in total. The minimum Gasteiger partial charge on any atom is -0.497 e. The Balaban J connectivity index is 2.49. The van der Waals surface area contributed by atoms with Crippen molar-refractivity contribution >= 4 is 23.5 Å². The lowest BCUT2D eigenvalue weighted by Gasteiger charge is -2.32. The maximum Gasteiger partial charge on any atom is 0.335 e. The van der Waals surface area contributed by atoms with Gasteiger partial charge in [-0.15, -0.1) is 0 Å². The number of nitrogens with zero attached hydrogens (tertiary/aromatic N) is 1. The van der Waals surface area contributed by atoms with Gasteiger partial charge in [-0.05, 0) is 18.1 Å². The minimum atomic E-state index is -1.03. The number of rotatable bonds is 3. The first kappa shape index (κ1) is 15.0. The van der Waals surface area contributed by atoms with E-state index in [0.29, 0.717) is 10.6 Å². The highest BCUT2D eigenvalue weighted by molar-refractivity contribution is 6.27. The van der Waals surface area contributed by atoms with Gasteiger partial charge >= 0.3 is 6.03 Å². The number of methoxy groups -OCH3 is 1. The number of anilines is 1. The van der Waals surface area contributed by atoms with Crippen LogP contribution in [-0.2, 0) is 9.59 Å². The molecule has 4 amide bonds. The molecule has 1 aliphatic rings. The normalized spacial score (nSPS) is 19.0.